The van der Waals surface area contributed by atoms with Crippen LogP contribution in [0.3, 0.4) is 0 Å². The Bertz CT molecular complexity index is 317. The van der Waals surface area contributed by atoms with E-state index in [0.29, 0.717) is 6.54 Å². The van der Waals surface area contributed by atoms with E-state index in [2.05, 4.69) is 37.4 Å². The number of para-hydroxylation sites is 1. The molecule has 0 spiro atoms. The monoisotopic (exact) mass is 221 g/mol. The van der Waals surface area contributed by atoms with Gasteiger partial charge in [0.05, 0.1) is 5.60 Å². The average molecular weight is 221 g/mol. The van der Waals surface area contributed by atoms with Gasteiger partial charge in [0.25, 0.3) is 0 Å². The normalized spacial score (nSPS) is 11.6. The summed E-state index contributed by atoms with van der Waals surface area (Å²) in [6.45, 7) is 8.53. The van der Waals surface area contributed by atoms with Crippen LogP contribution in [0.2, 0.25) is 0 Å². The van der Waals surface area contributed by atoms with Crippen LogP contribution in [0.5, 0.6) is 0 Å². The predicted octanol–water partition coefficient (Wildman–Crippen LogP) is 2.99. The van der Waals surface area contributed by atoms with Crippen LogP contribution in [-0.2, 0) is 12.8 Å². The van der Waals surface area contributed by atoms with Crippen LogP contribution < -0.4 is 5.32 Å². The van der Waals surface area contributed by atoms with E-state index in [1.54, 1.807) is 0 Å². The zero-order chi connectivity index (χ0) is 12.2. The molecule has 1 aromatic rings. The van der Waals surface area contributed by atoms with Crippen LogP contribution in [0, 0.1) is 0 Å². The first-order valence-electron chi connectivity index (χ1n) is 6.05. The Hall–Kier alpha value is -1.02. The summed E-state index contributed by atoms with van der Waals surface area (Å²) in [6.07, 6.45) is 2.03. The lowest BCUT2D eigenvalue weighted by Gasteiger charge is -2.22. The number of aryl methyl sites for hydroxylation is 2. The summed E-state index contributed by atoms with van der Waals surface area (Å²) in [4.78, 5) is 0. The second-order valence-corrected chi connectivity index (χ2v) is 4.82. The Kier molecular flexibility index (Phi) is 4.36. The molecule has 1 aromatic carbocycles. The van der Waals surface area contributed by atoms with Crippen LogP contribution in [0.25, 0.3) is 0 Å². The second kappa shape index (κ2) is 5.35. The van der Waals surface area contributed by atoms with Gasteiger partial charge < -0.3 is 10.4 Å². The zero-order valence-electron chi connectivity index (χ0n) is 10.8. The maximum absolute atomic E-state index is 9.74. The third-order valence-corrected chi connectivity index (χ3v) is 2.70. The molecule has 0 fully saturated rings. The van der Waals surface area contributed by atoms with Gasteiger partial charge in [0.15, 0.2) is 0 Å². The number of hydrogen-bond donors (Lipinski definition) is 2. The van der Waals surface area contributed by atoms with Crippen molar-refractivity contribution in [3.8, 4) is 0 Å². The summed E-state index contributed by atoms with van der Waals surface area (Å²) >= 11 is 0. The van der Waals surface area contributed by atoms with Crippen LogP contribution in [0.1, 0.15) is 38.8 Å². The Morgan fingerprint density at radius 2 is 1.62 bits per heavy atom. The molecule has 0 aliphatic carbocycles. The average Bonchev–Trinajstić information content (AvgIpc) is 2.24. The van der Waals surface area contributed by atoms with Crippen molar-refractivity contribution in [2.24, 2.45) is 0 Å². The standard InChI is InChI=1S/C14H23NO/c1-5-11-8-7-9-12(6-2)13(11)15-10-14(3,4)16/h7-9,15-16H,5-6,10H2,1-4H3. The summed E-state index contributed by atoms with van der Waals surface area (Å²) in [5.41, 5.74) is 3.17. The van der Waals surface area contributed by atoms with Gasteiger partial charge in [-0.2, -0.15) is 0 Å². The molecule has 0 unspecified atom stereocenters. The maximum atomic E-state index is 9.74. The van der Waals surface area contributed by atoms with Crippen molar-refractivity contribution in [2.45, 2.75) is 46.1 Å². The van der Waals surface area contributed by atoms with Gasteiger partial charge in [0.1, 0.15) is 0 Å². The molecule has 0 saturated heterocycles. The minimum Gasteiger partial charge on any atom is -0.389 e. The molecule has 0 aliphatic heterocycles. The lowest BCUT2D eigenvalue weighted by Crippen LogP contribution is -2.30. The van der Waals surface area contributed by atoms with E-state index in [0.717, 1.165) is 12.8 Å². The fourth-order valence-electron chi connectivity index (χ4n) is 1.77. The first-order chi connectivity index (χ1) is 7.48. The van der Waals surface area contributed by atoms with Gasteiger partial charge in [-0.1, -0.05) is 32.0 Å². The molecule has 0 radical (unpaired) electrons. The van der Waals surface area contributed by atoms with Gasteiger partial charge in [0, 0.05) is 12.2 Å². The van der Waals surface area contributed by atoms with Crippen molar-refractivity contribution in [3.05, 3.63) is 29.3 Å². The molecule has 0 heterocycles. The third kappa shape index (κ3) is 3.53. The van der Waals surface area contributed by atoms with Crippen molar-refractivity contribution in [2.75, 3.05) is 11.9 Å². The highest BCUT2D eigenvalue weighted by molar-refractivity contribution is 5.58. The fraction of sp³-hybridized carbons (Fsp3) is 0.571. The largest absolute Gasteiger partial charge is 0.389 e. The molecular weight excluding hydrogens is 198 g/mol. The molecule has 2 nitrogen and oxygen atoms in total. The van der Waals surface area contributed by atoms with Crippen molar-refractivity contribution in [1.82, 2.24) is 0 Å². The van der Waals surface area contributed by atoms with Crippen LogP contribution in [0.15, 0.2) is 18.2 Å². The molecule has 1 rings (SSSR count). The molecule has 2 heteroatoms. The Morgan fingerprint density at radius 3 is 2.00 bits per heavy atom. The molecule has 2 N–H and O–H groups in total. The number of hydrogen-bond acceptors (Lipinski definition) is 2. The number of nitrogens with one attached hydrogen (secondary N) is 1. The quantitative estimate of drug-likeness (QED) is 0.801. The summed E-state index contributed by atoms with van der Waals surface area (Å²) in [6, 6.07) is 6.39. The van der Waals surface area contributed by atoms with E-state index in [1.807, 2.05) is 13.8 Å². The van der Waals surface area contributed by atoms with Crippen molar-refractivity contribution in [3.63, 3.8) is 0 Å². The minimum atomic E-state index is -0.675. The molecule has 16 heavy (non-hydrogen) atoms. The smallest absolute Gasteiger partial charge is 0.0763 e. The van der Waals surface area contributed by atoms with E-state index < -0.39 is 5.60 Å². The van der Waals surface area contributed by atoms with E-state index in [4.69, 9.17) is 0 Å². The lowest BCUT2D eigenvalue weighted by atomic mass is 10.0. The van der Waals surface area contributed by atoms with E-state index >= 15 is 0 Å². The van der Waals surface area contributed by atoms with Crippen molar-refractivity contribution >= 4 is 5.69 Å². The summed E-state index contributed by atoms with van der Waals surface area (Å²) in [7, 11) is 0. The van der Waals surface area contributed by atoms with Crippen LogP contribution in [-0.4, -0.2) is 17.3 Å². The highest BCUT2D eigenvalue weighted by atomic mass is 16.3. The SMILES string of the molecule is CCc1cccc(CC)c1NCC(C)(C)O. The van der Waals surface area contributed by atoms with Gasteiger partial charge in [-0.25, -0.2) is 0 Å². The molecule has 90 valence electrons. The van der Waals surface area contributed by atoms with E-state index in [9.17, 15) is 5.11 Å². The molecule has 0 amide bonds. The first-order valence-corrected chi connectivity index (χ1v) is 6.05. The maximum Gasteiger partial charge on any atom is 0.0763 e. The highest BCUT2D eigenvalue weighted by Gasteiger charge is 2.13. The van der Waals surface area contributed by atoms with Gasteiger partial charge >= 0.3 is 0 Å². The van der Waals surface area contributed by atoms with Crippen molar-refractivity contribution in [1.29, 1.82) is 0 Å². The first kappa shape index (κ1) is 13.0. The Morgan fingerprint density at radius 1 is 1.12 bits per heavy atom. The molecule has 0 aliphatic rings. The van der Waals surface area contributed by atoms with Crippen molar-refractivity contribution < 1.29 is 5.11 Å². The number of benzene rings is 1. The Balaban J connectivity index is 2.91. The van der Waals surface area contributed by atoms with Gasteiger partial charge in [-0.3, -0.25) is 0 Å². The molecular formula is C14H23NO. The lowest BCUT2D eigenvalue weighted by molar-refractivity contribution is 0.0945. The predicted molar refractivity (Wildman–Crippen MR) is 70.0 cm³/mol. The third-order valence-electron chi connectivity index (χ3n) is 2.70. The second-order valence-electron chi connectivity index (χ2n) is 4.82. The summed E-state index contributed by atoms with van der Waals surface area (Å²) in [5.74, 6) is 0. The van der Waals surface area contributed by atoms with Gasteiger partial charge in [0.2, 0.25) is 0 Å². The summed E-state index contributed by atoms with van der Waals surface area (Å²) in [5, 5.41) is 13.1. The van der Waals surface area contributed by atoms with Gasteiger partial charge in [-0.15, -0.1) is 0 Å². The molecule has 0 atom stereocenters. The Labute approximate surface area is 98.7 Å². The molecule has 0 bridgehead atoms. The topological polar surface area (TPSA) is 32.3 Å². The summed E-state index contributed by atoms with van der Waals surface area (Å²) < 4.78 is 0. The van der Waals surface area contributed by atoms with Gasteiger partial charge in [-0.05, 0) is 37.8 Å². The number of rotatable bonds is 5. The zero-order valence-corrected chi connectivity index (χ0v) is 10.8. The van der Waals surface area contributed by atoms with E-state index in [-0.39, 0.29) is 0 Å². The fourth-order valence-corrected chi connectivity index (χ4v) is 1.77. The number of anilines is 1. The van der Waals surface area contributed by atoms with Crippen LogP contribution >= 0.6 is 0 Å². The number of aliphatic hydroxyl groups is 1. The minimum absolute atomic E-state index is 0.580. The molecule has 0 saturated carbocycles. The molecule has 0 aromatic heterocycles. The highest BCUT2D eigenvalue weighted by Crippen LogP contribution is 2.23. The van der Waals surface area contributed by atoms with Crippen LogP contribution in [0.4, 0.5) is 5.69 Å². The van der Waals surface area contributed by atoms with E-state index in [1.165, 1.54) is 16.8 Å².